The van der Waals surface area contributed by atoms with Gasteiger partial charge in [0.1, 0.15) is 5.69 Å². The highest BCUT2D eigenvalue weighted by atomic mass is 19.4. The van der Waals surface area contributed by atoms with Crippen LogP contribution in [-0.2, 0) is 18.4 Å². The average molecular weight is 449 g/mol. The van der Waals surface area contributed by atoms with Crippen LogP contribution < -0.4 is 10.6 Å². The van der Waals surface area contributed by atoms with E-state index in [1.54, 1.807) is 36.0 Å². The first kappa shape index (κ1) is 21.8. The van der Waals surface area contributed by atoms with Crippen molar-refractivity contribution in [2.75, 3.05) is 0 Å². The number of halogens is 3. The van der Waals surface area contributed by atoms with Gasteiger partial charge in [-0.1, -0.05) is 0 Å². The molecule has 0 aromatic carbocycles. The molecular formula is C20H22F3N7O2. The Morgan fingerprint density at radius 1 is 1.25 bits per heavy atom. The average Bonchev–Trinajstić information content (AvgIpc) is 3.35. The largest absolute Gasteiger partial charge is 0.389 e. The van der Waals surface area contributed by atoms with Crippen molar-refractivity contribution in [3.8, 4) is 0 Å². The van der Waals surface area contributed by atoms with Gasteiger partial charge in [-0.3, -0.25) is 18.7 Å². The third-order valence-corrected chi connectivity index (χ3v) is 5.25. The fraction of sp³-hybridized carbons (Fsp3) is 0.450. The SMILES string of the molecule is Cn1nccc1C(=O)NCc1cn2ccc(C(NC(=O)CCC(F)(F)F)C3CC3)nc2n1. The van der Waals surface area contributed by atoms with Gasteiger partial charge < -0.3 is 10.6 Å². The molecule has 0 bridgehead atoms. The number of imidazole rings is 1. The zero-order chi connectivity index (χ0) is 22.9. The molecule has 3 aromatic heterocycles. The number of aromatic nitrogens is 5. The lowest BCUT2D eigenvalue weighted by Gasteiger charge is -2.18. The molecule has 1 saturated carbocycles. The van der Waals surface area contributed by atoms with Crippen LogP contribution in [0.25, 0.3) is 5.78 Å². The molecule has 4 rings (SSSR count). The van der Waals surface area contributed by atoms with Crippen LogP contribution >= 0.6 is 0 Å². The summed E-state index contributed by atoms with van der Waals surface area (Å²) in [5, 5.41) is 9.42. The molecule has 0 aliphatic heterocycles. The molecule has 9 nitrogen and oxygen atoms in total. The van der Waals surface area contributed by atoms with E-state index < -0.39 is 31.0 Å². The van der Waals surface area contributed by atoms with E-state index >= 15 is 0 Å². The molecule has 0 radical (unpaired) electrons. The number of aryl methyl sites for hydroxylation is 1. The fourth-order valence-electron chi connectivity index (χ4n) is 3.42. The van der Waals surface area contributed by atoms with Crippen molar-refractivity contribution >= 4 is 17.6 Å². The zero-order valence-corrected chi connectivity index (χ0v) is 17.3. The minimum Gasteiger partial charge on any atom is -0.347 e. The topological polar surface area (TPSA) is 106 Å². The van der Waals surface area contributed by atoms with E-state index in [2.05, 4.69) is 25.7 Å². The molecule has 32 heavy (non-hydrogen) atoms. The number of alkyl halides is 3. The number of nitrogens with zero attached hydrogens (tertiary/aromatic N) is 5. The maximum absolute atomic E-state index is 12.4. The number of hydrogen-bond donors (Lipinski definition) is 2. The van der Waals surface area contributed by atoms with Gasteiger partial charge in [0, 0.05) is 32.1 Å². The van der Waals surface area contributed by atoms with Crippen molar-refractivity contribution in [2.45, 2.75) is 44.4 Å². The summed E-state index contributed by atoms with van der Waals surface area (Å²) >= 11 is 0. The maximum atomic E-state index is 12.4. The second-order valence-corrected chi connectivity index (χ2v) is 7.81. The van der Waals surface area contributed by atoms with Gasteiger partial charge in [-0.05, 0) is 30.9 Å². The smallest absolute Gasteiger partial charge is 0.347 e. The number of amides is 2. The van der Waals surface area contributed by atoms with E-state index in [0.717, 1.165) is 12.8 Å². The summed E-state index contributed by atoms with van der Waals surface area (Å²) in [7, 11) is 1.67. The Balaban J connectivity index is 1.43. The number of nitrogens with one attached hydrogen (secondary N) is 2. The van der Waals surface area contributed by atoms with Crippen LogP contribution in [0.2, 0.25) is 0 Å². The number of rotatable bonds is 8. The highest BCUT2D eigenvalue weighted by molar-refractivity contribution is 5.92. The van der Waals surface area contributed by atoms with E-state index in [0.29, 0.717) is 22.9 Å². The molecule has 170 valence electrons. The Hall–Kier alpha value is -3.44. The summed E-state index contributed by atoms with van der Waals surface area (Å²) in [5.74, 6) is -0.413. The first-order chi connectivity index (χ1) is 15.2. The molecule has 1 fully saturated rings. The van der Waals surface area contributed by atoms with Crippen LogP contribution in [0.1, 0.15) is 53.6 Å². The number of carbonyl (C=O) groups excluding carboxylic acids is 2. The molecule has 2 amide bonds. The highest BCUT2D eigenvalue weighted by Crippen LogP contribution is 2.40. The molecule has 2 N–H and O–H groups in total. The van der Waals surface area contributed by atoms with E-state index in [4.69, 9.17) is 0 Å². The number of hydrogen-bond acceptors (Lipinski definition) is 5. The number of fused-ring (bicyclic) bond motifs is 1. The highest BCUT2D eigenvalue weighted by Gasteiger charge is 2.35. The summed E-state index contributed by atoms with van der Waals surface area (Å²) in [6, 6.07) is 2.87. The van der Waals surface area contributed by atoms with Gasteiger partial charge >= 0.3 is 6.18 Å². The third-order valence-electron chi connectivity index (χ3n) is 5.25. The van der Waals surface area contributed by atoms with Crippen LogP contribution in [0, 0.1) is 5.92 Å². The van der Waals surface area contributed by atoms with E-state index in [1.165, 1.54) is 10.9 Å². The minimum absolute atomic E-state index is 0.146. The summed E-state index contributed by atoms with van der Waals surface area (Å²) in [5.41, 5.74) is 1.56. The molecule has 1 unspecified atom stereocenters. The van der Waals surface area contributed by atoms with E-state index in [1.807, 2.05) is 0 Å². The molecule has 0 saturated heterocycles. The predicted octanol–water partition coefficient (Wildman–Crippen LogP) is 2.30. The van der Waals surface area contributed by atoms with Gasteiger partial charge in [-0.15, -0.1) is 0 Å². The molecule has 1 aliphatic rings. The maximum Gasteiger partial charge on any atom is 0.389 e. The summed E-state index contributed by atoms with van der Waals surface area (Å²) in [4.78, 5) is 33.2. The van der Waals surface area contributed by atoms with Gasteiger partial charge in [-0.2, -0.15) is 18.3 Å². The monoisotopic (exact) mass is 449 g/mol. The van der Waals surface area contributed by atoms with Crippen molar-refractivity contribution in [1.29, 1.82) is 0 Å². The van der Waals surface area contributed by atoms with Crippen LogP contribution in [0.5, 0.6) is 0 Å². The van der Waals surface area contributed by atoms with Crippen molar-refractivity contribution in [2.24, 2.45) is 13.0 Å². The molecule has 1 aliphatic carbocycles. The first-order valence-corrected chi connectivity index (χ1v) is 10.2. The van der Waals surface area contributed by atoms with Gasteiger partial charge in [0.2, 0.25) is 11.7 Å². The lowest BCUT2D eigenvalue weighted by molar-refractivity contribution is -0.144. The van der Waals surface area contributed by atoms with E-state index in [9.17, 15) is 22.8 Å². The van der Waals surface area contributed by atoms with Gasteiger partial charge in [-0.25, -0.2) is 9.97 Å². The van der Waals surface area contributed by atoms with Crippen LogP contribution in [-0.4, -0.2) is 42.1 Å². The second kappa shape index (κ2) is 8.60. The summed E-state index contributed by atoms with van der Waals surface area (Å²) in [6.45, 7) is 0.183. The quantitative estimate of drug-likeness (QED) is 0.549. The van der Waals surface area contributed by atoms with Crippen LogP contribution in [0.15, 0.2) is 30.7 Å². The Kier molecular flexibility index (Phi) is 5.85. The molecule has 0 spiro atoms. The Morgan fingerprint density at radius 3 is 2.69 bits per heavy atom. The molecule has 3 aromatic rings. The van der Waals surface area contributed by atoms with Gasteiger partial charge in [0.05, 0.1) is 30.4 Å². The standard InChI is InChI=1S/C20H22F3N7O2/c1-29-15(5-8-25-29)18(32)24-10-13-11-30-9-6-14(27-19(30)26-13)17(12-2-3-12)28-16(31)4-7-20(21,22)23/h5-6,8-9,11-12,17H,2-4,7,10H2,1H3,(H,24,32)(H,28,31). The molecular weight excluding hydrogens is 427 g/mol. The number of carbonyl (C=O) groups is 2. The lowest BCUT2D eigenvalue weighted by Crippen LogP contribution is -2.31. The lowest BCUT2D eigenvalue weighted by atomic mass is 10.1. The fourth-order valence-corrected chi connectivity index (χ4v) is 3.42. The predicted molar refractivity (Wildman–Crippen MR) is 106 cm³/mol. The normalized spacial score (nSPS) is 15.0. The van der Waals surface area contributed by atoms with Crippen molar-refractivity contribution in [1.82, 2.24) is 34.8 Å². The van der Waals surface area contributed by atoms with Crippen molar-refractivity contribution in [3.05, 3.63) is 47.8 Å². The van der Waals surface area contributed by atoms with Crippen molar-refractivity contribution < 1.29 is 22.8 Å². The van der Waals surface area contributed by atoms with E-state index in [-0.39, 0.29) is 18.4 Å². The molecule has 12 heteroatoms. The zero-order valence-electron chi connectivity index (χ0n) is 17.3. The Bertz CT molecular complexity index is 1130. The molecule has 3 heterocycles. The van der Waals surface area contributed by atoms with Gasteiger partial charge in [0.15, 0.2) is 0 Å². The second-order valence-electron chi connectivity index (χ2n) is 7.81. The third kappa shape index (κ3) is 5.24. The summed E-state index contributed by atoms with van der Waals surface area (Å²) < 4.78 is 40.4. The minimum atomic E-state index is -4.37. The first-order valence-electron chi connectivity index (χ1n) is 10.2. The molecule has 1 atom stereocenters. The van der Waals surface area contributed by atoms with Crippen LogP contribution in [0.4, 0.5) is 13.2 Å². The van der Waals surface area contributed by atoms with Gasteiger partial charge in [0.25, 0.3) is 5.91 Å². The Morgan fingerprint density at radius 2 is 2.03 bits per heavy atom. The van der Waals surface area contributed by atoms with Crippen LogP contribution in [0.3, 0.4) is 0 Å². The van der Waals surface area contributed by atoms with Crippen molar-refractivity contribution in [3.63, 3.8) is 0 Å². The summed E-state index contributed by atoms with van der Waals surface area (Å²) in [6.07, 6.45) is 0.590. The Labute approximate surface area is 181 Å².